The Morgan fingerprint density at radius 3 is 2.48 bits per heavy atom. The first kappa shape index (κ1) is 17.5. The maximum Gasteiger partial charge on any atom is 0.315 e. The molecule has 0 spiro atoms. The number of aryl methyl sites for hydroxylation is 2. The predicted octanol–water partition coefficient (Wildman–Crippen LogP) is 2.69. The molecule has 4 nitrogen and oxygen atoms in total. The number of rotatable bonds is 7. The van der Waals surface area contributed by atoms with Crippen LogP contribution in [-0.2, 0) is 6.42 Å². The van der Waals surface area contributed by atoms with Crippen molar-refractivity contribution in [3.05, 3.63) is 34.9 Å². The van der Waals surface area contributed by atoms with E-state index >= 15 is 0 Å². The zero-order valence-electron chi connectivity index (χ0n) is 13.6. The number of amides is 2. The average Bonchev–Trinajstić information content (AvgIpc) is 2.39. The van der Waals surface area contributed by atoms with Crippen LogP contribution in [0.4, 0.5) is 4.79 Å². The summed E-state index contributed by atoms with van der Waals surface area (Å²) in [4.78, 5) is 11.9. The number of carbonyl (C=O) groups is 1. The molecule has 1 aromatic rings. The van der Waals surface area contributed by atoms with Gasteiger partial charge in [0.15, 0.2) is 0 Å². The van der Waals surface area contributed by atoms with Crippen LogP contribution in [0.5, 0.6) is 0 Å². The Balaban J connectivity index is 2.42. The van der Waals surface area contributed by atoms with E-state index in [4.69, 9.17) is 5.11 Å². The number of carbonyl (C=O) groups excluding carboxylic acids is 1. The number of aliphatic hydroxyl groups is 1. The molecule has 1 rings (SSSR count). The largest absolute Gasteiger partial charge is 0.396 e. The molecule has 0 saturated heterocycles. The molecule has 0 saturated carbocycles. The van der Waals surface area contributed by atoms with E-state index in [0.717, 1.165) is 12.8 Å². The van der Waals surface area contributed by atoms with E-state index in [1.165, 1.54) is 16.7 Å². The molecule has 0 bridgehead atoms. The SMILES string of the molecule is Cc1ccc(CC(C)NC(=O)NC(C)CCCO)c(C)c1. The van der Waals surface area contributed by atoms with Crippen LogP contribution >= 0.6 is 0 Å². The number of aliphatic hydroxyl groups excluding tert-OH is 1. The molecule has 0 heterocycles. The normalized spacial score (nSPS) is 13.6. The van der Waals surface area contributed by atoms with Crippen molar-refractivity contribution in [2.75, 3.05) is 6.61 Å². The fourth-order valence-corrected chi connectivity index (χ4v) is 2.41. The van der Waals surface area contributed by atoms with Crippen LogP contribution < -0.4 is 10.6 Å². The summed E-state index contributed by atoms with van der Waals surface area (Å²) in [6.07, 6.45) is 2.32. The molecular weight excluding hydrogens is 264 g/mol. The maximum atomic E-state index is 11.9. The van der Waals surface area contributed by atoms with Crippen molar-refractivity contribution in [3.63, 3.8) is 0 Å². The molecule has 21 heavy (non-hydrogen) atoms. The van der Waals surface area contributed by atoms with Crippen LogP contribution in [-0.4, -0.2) is 29.8 Å². The zero-order valence-corrected chi connectivity index (χ0v) is 13.6. The molecule has 2 atom stereocenters. The lowest BCUT2D eigenvalue weighted by atomic mass is 10.00. The van der Waals surface area contributed by atoms with Crippen LogP contribution in [0.3, 0.4) is 0 Å². The Kier molecular flexibility index (Phi) is 7.23. The monoisotopic (exact) mass is 292 g/mol. The Hall–Kier alpha value is -1.55. The van der Waals surface area contributed by atoms with Crippen LogP contribution in [0.1, 0.15) is 43.4 Å². The highest BCUT2D eigenvalue weighted by Crippen LogP contribution is 2.12. The first-order valence-corrected chi connectivity index (χ1v) is 7.66. The molecule has 2 amide bonds. The van der Waals surface area contributed by atoms with Gasteiger partial charge < -0.3 is 15.7 Å². The lowest BCUT2D eigenvalue weighted by molar-refractivity contribution is 0.231. The van der Waals surface area contributed by atoms with E-state index < -0.39 is 0 Å². The van der Waals surface area contributed by atoms with Crippen molar-refractivity contribution >= 4 is 6.03 Å². The number of benzene rings is 1. The summed E-state index contributed by atoms with van der Waals surface area (Å²) in [5.41, 5.74) is 3.79. The van der Waals surface area contributed by atoms with Crippen molar-refractivity contribution in [2.45, 2.75) is 59.0 Å². The molecule has 0 aliphatic carbocycles. The van der Waals surface area contributed by atoms with E-state index in [2.05, 4.69) is 42.7 Å². The van der Waals surface area contributed by atoms with E-state index in [0.29, 0.717) is 6.42 Å². The summed E-state index contributed by atoms with van der Waals surface area (Å²) < 4.78 is 0. The van der Waals surface area contributed by atoms with Gasteiger partial charge >= 0.3 is 6.03 Å². The minimum absolute atomic E-state index is 0.0745. The average molecular weight is 292 g/mol. The van der Waals surface area contributed by atoms with Crippen molar-refractivity contribution < 1.29 is 9.90 Å². The van der Waals surface area contributed by atoms with E-state index in [-0.39, 0.29) is 24.7 Å². The van der Waals surface area contributed by atoms with Gasteiger partial charge in [0.25, 0.3) is 0 Å². The van der Waals surface area contributed by atoms with Crippen molar-refractivity contribution in [1.29, 1.82) is 0 Å². The quantitative estimate of drug-likeness (QED) is 0.723. The second-order valence-electron chi connectivity index (χ2n) is 5.92. The molecule has 4 heteroatoms. The molecule has 0 radical (unpaired) electrons. The lowest BCUT2D eigenvalue weighted by Gasteiger charge is -2.19. The fourth-order valence-electron chi connectivity index (χ4n) is 2.41. The summed E-state index contributed by atoms with van der Waals surface area (Å²) in [6, 6.07) is 6.41. The molecule has 0 fully saturated rings. The van der Waals surface area contributed by atoms with Crippen LogP contribution in [0.25, 0.3) is 0 Å². The Labute approximate surface area is 128 Å². The number of hydrogen-bond acceptors (Lipinski definition) is 2. The van der Waals surface area contributed by atoms with Gasteiger partial charge in [-0.2, -0.15) is 0 Å². The van der Waals surface area contributed by atoms with Crippen molar-refractivity contribution in [2.24, 2.45) is 0 Å². The standard InChI is InChI=1S/C17H28N2O2/c1-12-7-8-16(13(2)10-12)11-15(4)19-17(21)18-14(3)6-5-9-20/h7-8,10,14-15,20H,5-6,9,11H2,1-4H3,(H2,18,19,21). The molecular formula is C17H28N2O2. The lowest BCUT2D eigenvalue weighted by Crippen LogP contribution is -2.45. The van der Waals surface area contributed by atoms with E-state index in [1.807, 2.05) is 13.8 Å². The second-order valence-corrected chi connectivity index (χ2v) is 5.92. The van der Waals surface area contributed by atoms with Crippen molar-refractivity contribution in [1.82, 2.24) is 10.6 Å². The van der Waals surface area contributed by atoms with Crippen LogP contribution in [0.15, 0.2) is 18.2 Å². The van der Waals surface area contributed by atoms with Gasteiger partial charge in [-0.3, -0.25) is 0 Å². The third-order valence-corrected chi connectivity index (χ3v) is 3.57. The fraction of sp³-hybridized carbons (Fsp3) is 0.588. The molecule has 0 aromatic heterocycles. The molecule has 0 aliphatic heterocycles. The number of nitrogens with one attached hydrogen (secondary N) is 2. The Morgan fingerprint density at radius 2 is 1.86 bits per heavy atom. The molecule has 118 valence electrons. The summed E-state index contributed by atoms with van der Waals surface area (Å²) >= 11 is 0. The van der Waals surface area contributed by atoms with Gasteiger partial charge in [0, 0.05) is 18.7 Å². The van der Waals surface area contributed by atoms with Gasteiger partial charge in [-0.05, 0) is 58.1 Å². The van der Waals surface area contributed by atoms with Gasteiger partial charge in [0.2, 0.25) is 0 Å². The van der Waals surface area contributed by atoms with Gasteiger partial charge in [-0.15, -0.1) is 0 Å². The van der Waals surface area contributed by atoms with E-state index in [1.54, 1.807) is 0 Å². The second kappa shape index (κ2) is 8.67. The molecule has 3 N–H and O–H groups in total. The van der Waals surface area contributed by atoms with Crippen molar-refractivity contribution in [3.8, 4) is 0 Å². The Bertz CT molecular complexity index is 460. The van der Waals surface area contributed by atoms with Gasteiger partial charge in [-0.25, -0.2) is 4.79 Å². The van der Waals surface area contributed by atoms with E-state index in [9.17, 15) is 4.79 Å². The van der Waals surface area contributed by atoms with Gasteiger partial charge in [0.05, 0.1) is 0 Å². The topological polar surface area (TPSA) is 61.4 Å². The van der Waals surface area contributed by atoms with Crippen LogP contribution in [0.2, 0.25) is 0 Å². The first-order valence-electron chi connectivity index (χ1n) is 7.66. The number of hydrogen-bond donors (Lipinski definition) is 3. The minimum Gasteiger partial charge on any atom is -0.396 e. The minimum atomic E-state index is -0.141. The summed E-state index contributed by atoms with van der Waals surface area (Å²) in [5.74, 6) is 0. The third-order valence-electron chi connectivity index (χ3n) is 3.57. The summed E-state index contributed by atoms with van der Waals surface area (Å²) in [6.45, 7) is 8.31. The van der Waals surface area contributed by atoms with Gasteiger partial charge in [0.1, 0.15) is 0 Å². The smallest absolute Gasteiger partial charge is 0.315 e. The van der Waals surface area contributed by atoms with Gasteiger partial charge in [-0.1, -0.05) is 23.8 Å². The first-order chi connectivity index (χ1) is 9.92. The molecule has 1 aromatic carbocycles. The highest BCUT2D eigenvalue weighted by molar-refractivity contribution is 5.74. The van der Waals surface area contributed by atoms with Crippen LogP contribution in [0, 0.1) is 13.8 Å². The summed E-state index contributed by atoms with van der Waals surface area (Å²) in [7, 11) is 0. The summed E-state index contributed by atoms with van der Waals surface area (Å²) in [5, 5.41) is 14.6. The highest BCUT2D eigenvalue weighted by Gasteiger charge is 2.11. The predicted molar refractivity (Wildman–Crippen MR) is 86.5 cm³/mol. The zero-order chi connectivity index (χ0) is 15.8. The number of urea groups is 1. The Morgan fingerprint density at radius 1 is 1.19 bits per heavy atom. The third kappa shape index (κ3) is 6.63. The molecule has 0 aliphatic rings. The molecule has 2 unspecified atom stereocenters. The maximum absolute atomic E-state index is 11.9. The highest BCUT2D eigenvalue weighted by atomic mass is 16.3.